The molecular formula is C13H18N2O4S. The maximum atomic E-state index is 11.5. The molecule has 1 aromatic carbocycles. The highest BCUT2D eigenvalue weighted by molar-refractivity contribution is 7.89. The van der Waals surface area contributed by atoms with Crippen molar-refractivity contribution in [2.45, 2.75) is 37.1 Å². The molecule has 110 valence electrons. The van der Waals surface area contributed by atoms with Gasteiger partial charge in [-0.25, -0.2) is 13.6 Å². The van der Waals surface area contributed by atoms with E-state index in [9.17, 15) is 18.3 Å². The Kier molecular flexibility index (Phi) is 3.75. The molecule has 0 heterocycles. The number of anilines is 1. The number of sulfonamides is 1. The van der Waals surface area contributed by atoms with Gasteiger partial charge in [-0.3, -0.25) is 4.79 Å². The second-order valence-corrected chi connectivity index (χ2v) is 6.88. The molecule has 1 fully saturated rings. The van der Waals surface area contributed by atoms with Gasteiger partial charge in [-0.05, 0) is 31.9 Å². The summed E-state index contributed by atoms with van der Waals surface area (Å²) < 4.78 is 23.1. The highest BCUT2D eigenvalue weighted by Gasteiger charge is 2.45. The fourth-order valence-electron chi connectivity index (χ4n) is 2.68. The van der Waals surface area contributed by atoms with E-state index in [0.29, 0.717) is 18.5 Å². The summed E-state index contributed by atoms with van der Waals surface area (Å²) in [6.45, 7) is 1.68. The van der Waals surface area contributed by atoms with E-state index in [4.69, 9.17) is 5.14 Å². The Hall–Kier alpha value is -1.60. The third-order valence-electron chi connectivity index (χ3n) is 3.97. The van der Waals surface area contributed by atoms with Gasteiger partial charge < -0.3 is 10.4 Å². The number of para-hydroxylation sites is 1. The van der Waals surface area contributed by atoms with Crippen LogP contribution < -0.4 is 10.5 Å². The van der Waals surface area contributed by atoms with Gasteiger partial charge in [0.1, 0.15) is 4.90 Å². The van der Waals surface area contributed by atoms with E-state index in [1.54, 1.807) is 25.1 Å². The van der Waals surface area contributed by atoms with Crippen molar-refractivity contribution in [3.05, 3.63) is 24.3 Å². The molecule has 0 aliphatic heterocycles. The van der Waals surface area contributed by atoms with Gasteiger partial charge in [0.25, 0.3) is 0 Å². The molecule has 0 spiro atoms. The van der Waals surface area contributed by atoms with Crippen molar-refractivity contribution >= 4 is 21.7 Å². The zero-order valence-electron chi connectivity index (χ0n) is 11.2. The quantitative estimate of drug-likeness (QED) is 0.778. The first-order valence-corrected chi connectivity index (χ1v) is 7.91. The Morgan fingerprint density at radius 1 is 1.45 bits per heavy atom. The summed E-state index contributed by atoms with van der Waals surface area (Å²) in [6, 6.07) is 5.95. The Balaban J connectivity index is 2.34. The van der Waals surface area contributed by atoms with Crippen LogP contribution in [0.3, 0.4) is 0 Å². The number of carboxylic acid groups (broad SMARTS) is 1. The molecule has 0 amide bonds. The van der Waals surface area contributed by atoms with E-state index in [1.165, 1.54) is 6.07 Å². The van der Waals surface area contributed by atoms with Gasteiger partial charge in [-0.15, -0.1) is 0 Å². The number of primary sulfonamides is 1. The van der Waals surface area contributed by atoms with E-state index in [1.807, 2.05) is 0 Å². The molecule has 0 radical (unpaired) electrons. The monoisotopic (exact) mass is 298 g/mol. The molecule has 2 rings (SSSR count). The van der Waals surface area contributed by atoms with Gasteiger partial charge in [0.05, 0.1) is 11.1 Å². The van der Waals surface area contributed by atoms with Crippen LogP contribution >= 0.6 is 0 Å². The number of carbonyl (C=O) groups is 1. The minimum Gasteiger partial charge on any atom is -0.481 e. The van der Waals surface area contributed by atoms with Crippen LogP contribution in [-0.4, -0.2) is 25.5 Å². The van der Waals surface area contributed by atoms with Crippen molar-refractivity contribution in [2.75, 3.05) is 5.32 Å². The SMILES string of the molecule is CC1(C(=O)O)CCCC1Nc1ccccc1S(N)(=O)=O. The zero-order chi connectivity index (χ0) is 15.0. The number of rotatable bonds is 4. The Morgan fingerprint density at radius 3 is 2.70 bits per heavy atom. The van der Waals surface area contributed by atoms with Crippen molar-refractivity contribution in [1.29, 1.82) is 0 Å². The van der Waals surface area contributed by atoms with Crippen LogP contribution in [0.25, 0.3) is 0 Å². The third-order valence-corrected chi connectivity index (χ3v) is 4.94. The number of carboxylic acids is 1. The number of hydrogen-bond acceptors (Lipinski definition) is 4. The van der Waals surface area contributed by atoms with Gasteiger partial charge in [0, 0.05) is 6.04 Å². The molecular weight excluding hydrogens is 280 g/mol. The maximum absolute atomic E-state index is 11.5. The fraction of sp³-hybridized carbons (Fsp3) is 0.462. The summed E-state index contributed by atoms with van der Waals surface area (Å²) in [5.74, 6) is -0.874. The zero-order valence-corrected chi connectivity index (χ0v) is 12.0. The van der Waals surface area contributed by atoms with E-state index in [0.717, 1.165) is 6.42 Å². The predicted molar refractivity (Wildman–Crippen MR) is 74.8 cm³/mol. The van der Waals surface area contributed by atoms with Crippen LogP contribution in [0, 0.1) is 5.41 Å². The van der Waals surface area contributed by atoms with Crippen molar-refractivity contribution in [3.8, 4) is 0 Å². The molecule has 1 saturated carbocycles. The Morgan fingerprint density at radius 2 is 2.10 bits per heavy atom. The minimum atomic E-state index is -3.84. The molecule has 20 heavy (non-hydrogen) atoms. The summed E-state index contributed by atoms with van der Waals surface area (Å²) in [5, 5.41) is 17.6. The smallest absolute Gasteiger partial charge is 0.311 e. The minimum absolute atomic E-state index is 0.0142. The van der Waals surface area contributed by atoms with Crippen LogP contribution in [0.15, 0.2) is 29.2 Å². The largest absolute Gasteiger partial charge is 0.481 e. The lowest BCUT2D eigenvalue weighted by Crippen LogP contribution is -2.40. The summed E-state index contributed by atoms with van der Waals surface area (Å²) in [4.78, 5) is 11.4. The average molecular weight is 298 g/mol. The Bertz CT molecular complexity index is 629. The lowest BCUT2D eigenvalue weighted by Gasteiger charge is -2.29. The number of benzene rings is 1. The van der Waals surface area contributed by atoms with E-state index >= 15 is 0 Å². The van der Waals surface area contributed by atoms with E-state index in [-0.39, 0.29) is 10.9 Å². The second kappa shape index (κ2) is 5.06. The molecule has 0 aromatic heterocycles. The summed E-state index contributed by atoms with van der Waals surface area (Å²) >= 11 is 0. The topological polar surface area (TPSA) is 109 Å². The first kappa shape index (κ1) is 14.8. The fourth-order valence-corrected chi connectivity index (χ4v) is 3.38. The van der Waals surface area contributed by atoms with E-state index < -0.39 is 21.4 Å². The standard InChI is InChI=1S/C13H18N2O4S/c1-13(12(16)17)8-4-7-11(13)15-9-5-2-3-6-10(9)20(14,18)19/h2-3,5-6,11,15H,4,7-8H2,1H3,(H,16,17)(H2,14,18,19). The molecule has 0 saturated heterocycles. The molecule has 0 bridgehead atoms. The molecule has 6 nitrogen and oxygen atoms in total. The predicted octanol–water partition coefficient (Wildman–Crippen LogP) is 1.39. The number of hydrogen-bond donors (Lipinski definition) is 3. The molecule has 1 aliphatic carbocycles. The van der Waals surface area contributed by atoms with Crippen molar-refractivity contribution < 1.29 is 18.3 Å². The van der Waals surface area contributed by atoms with Crippen LogP contribution in [0.1, 0.15) is 26.2 Å². The number of aliphatic carboxylic acids is 1. The first-order chi connectivity index (χ1) is 9.25. The lowest BCUT2D eigenvalue weighted by atomic mass is 9.85. The van der Waals surface area contributed by atoms with Gasteiger partial charge in [-0.1, -0.05) is 18.6 Å². The normalized spacial score (nSPS) is 26.4. The van der Waals surface area contributed by atoms with Crippen molar-refractivity contribution in [3.63, 3.8) is 0 Å². The molecule has 7 heteroatoms. The van der Waals surface area contributed by atoms with Crippen LogP contribution in [0.5, 0.6) is 0 Å². The van der Waals surface area contributed by atoms with Gasteiger partial charge >= 0.3 is 5.97 Å². The lowest BCUT2D eigenvalue weighted by molar-refractivity contribution is -0.147. The van der Waals surface area contributed by atoms with Gasteiger partial charge in [0.15, 0.2) is 0 Å². The molecule has 1 aliphatic rings. The second-order valence-electron chi connectivity index (χ2n) is 5.35. The summed E-state index contributed by atoms with van der Waals surface area (Å²) in [7, 11) is -3.84. The first-order valence-electron chi connectivity index (χ1n) is 6.37. The summed E-state index contributed by atoms with van der Waals surface area (Å²) in [5.41, 5.74) is -0.541. The van der Waals surface area contributed by atoms with E-state index in [2.05, 4.69) is 5.32 Å². The molecule has 4 N–H and O–H groups in total. The maximum Gasteiger partial charge on any atom is 0.311 e. The molecule has 2 atom stereocenters. The van der Waals surface area contributed by atoms with Crippen LogP contribution in [0.4, 0.5) is 5.69 Å². The number of nitrogens with two attached hydrogens (primary N) is 1. The van der Waals surface area contributed by atoms with Gasteiger partial charge in [0.2, 0.25) is 10.0 Å². The molecule has 2 unspecified atom stereocenters. The Labute approximate surface area is 118 Å². The molecule has 1 aromatic rings. The average Bonchev–Trinajstić information content (AvgIpc) is 2.72. The number of nitrogens with one attached hydrogen (secondary N) is 1. The third kappa shape index (κ3) is 2.64. The highest BCUT2D eigenvalue weighted by Crippen LogP contribution is 2.40. The van der Waals surface area contributed by atoms with Crippen molar-refractivity contribution in [2.24, 2.45) is 10.6 Å². The summed E-state index contributed by atoms with van der Waals surface area (Å²) in [6.07, 6.45) is 2.04. The van der Waals surface area contributed by atoms with Gasteiger partial charge in [-0.2, -0.15) is 0 Å². The highest BCUT2D eigenvalue weighted by atomic mass is 32.2. The van der Waals surface area contributed by atoms with Crippen LogP contribution in [-0.2, 0) is 14.8 Å². The van der Waals surface area contributed by atoms with Crippen LogP contribution in [0.2, 0.25) is 0 Å². The van der Waals surface area contributed by atoms with Crippen molar-refractivity contribution in [1.82, 2.24) is 0 Å².